The summed E-state index contributed by atoms with van der Waals surface area (Å²) < 4.78 is 1.87. The number of nitrogens with one attached hydrogen (secondary N) is 2. The van der Waals surface area contributed by atoms with Gasteiger partial charge in [-0.2, -0.15) is 0 Å². The Bertz CT molecular complexity index is 1130. The van der Waals surface area contributed by atoms with Crippen LogP contribution in [0.15, 0.2) is 48.7 Å². The molecule has 0 aliphatic carbocycles. The Labute approximate surface area is 183 Å². The first kappa shape index (κ1) is 20.8. The molecule has 0 saturated carbocycles. The molecule has 3 heterocycles. The first-order chi connectivity index (χ1) is 15.0. The van der Waals surface area contributed by atoms with E-state index in [-0.39, 0.29) is 31.2 Å². The van der Waals surface area contributed by atoms with E-state index >= 15 is 0 Å². The van der Waals surface area contributed by atoms with Gasteiger partial charge in [0.2, 0.25) is 5.91 Å². The lowest BCUT2D eigenvalue weighted by molar-refractivity contribution is -0.128. The van der Waals surface area contributed by atoms with Crippen LogP contribution in [0.4, 0.5) is 4.79 Å². The second-order valence-electron chi connectivity index (χ2n) is 7.20. The quantitative estimate of drug-likeness (QED) is 0.520. The van der Waals surface area contributed by atoms with E-state index in [1.807, 2.05) is 28.8 Å². The number of fused-ring (bicyclic) bond motifs is 1. The van der Waals surface area contributed by atoms with Crippen molar-refractivity contribution in [2.45, 2.75) is 31.8 Å². The molecule has 1 saturated heterocycles. The van der Waals surface area contributed by atoms with Gasteiger partial charge in [-0.15, -0.1) is 10.2 Å². The molecule has 160 valence electrons. The molecule has 9 nitrogen and oxygen atoms in total. The second kappa shape index (κ2) is 9.13. The minimum atomic E-state index is -0.721. The van der Waals surface area contributed by atoms with Gasteiger partial charge in [0, 0.05) is 30.6 Å². The summed E-state index contributed by atoms with van der Waals surface area (Å²) in [6.07, 6.45) is 2.75. The Morgan fingerprint density at radius 1 is 1.13 bits per heavy atom. The number of hydrogen-bond donors (Lipinski definition) is 2. The highest BCUT2D eigenvalue weighted by Crippen LogP contribution is 2.20. The number of benzene rings is 1. The van der Waals surface area contributed by atoms with Crippen molar-refractivity contribution in [2.75, 3.05) is 6.54 Å². The van der Waals surface area contributed by atoms with Crippen LogP contribution in [-0.2, 0) is 22.6 Å². The molecular formula is C21H21ClN6O3. The Morgan fingerprint density at radius 3 is 2.77 bits per heavy atom. The van der Waals surface area contributed by atoms with Crippen molar-refractivity contribution >= 4 is 35.1 Å². The van der Waals surface area contributed by atoms with Gasteiger partial charge in [-0.3, -0.25) is 18.9 Å². The molecule has 2 aromatic heterocycles. The van der Waals surface area contributed by atoms with Gasteiger partial charge in [-0.1, -0.05) is 35.9 Å². The monoisotopic (exact) mass is 440 g/mol. The van der Waals surface area contributed by atoms with Gasteiger partial charge in [0.25, 0.3) is 5.91 Å². The highest BCUT2D eigenvalue weighted by atomic mass is 35.5. The smallest absolute Gasteiger partial charge is 0.325 e. The first-order valence-electron chi connectivity index (χ1n) is 9.93. The zero-order valence-corrected chi connectivity index (χ0v) is 17.4. The topological polar surface area (TPSA) is 109 Å². The minimum absolute atomic E-state index is 0.0966. The van der Waals surface area contributed by atoms with E-state index < -0.39 is 12.1 Å². The molecule has 10 heteroatoms. The molecule has 0 unspecified atom stereocenters. The van der Waals surface area contributed by atoms with Crippen molar-refractivity contribution in [3.8, 4) is 0 Å². The van der Waals surface area contributed by atoms with Gasteiger partial charge in [0.1, 0.15) is 11.9 Å². The average Bonchev–Trinajstić information content (AvgIpc) is 3.29. The first-order valence-corrected chi connectivity index (χ1v) is 10.3. The molecule has 0 spiro atoms. The number of aromatic nitrogens is 3. The zero-order chi connectivity index (χ0) is 21.8. The van der Waals surface area contributed by atoms with Crippen LogP contribution in [0.3, 0.4) is 0 Å². The summed E-state index contributed by atoms with van der Waals surface area (Å²) >= 11 is 6.12. The lowest BCUT2D eigenvalue weighted by Gasteiger charge is -2.14. The lowest BCUT2D eigenvalue weighted by Crippen LogP contribution is -2.33. The number of rotatable bonds is 8. The van der Waals surface area contributed by atoms with Gasteiger partial charge >= 0.3 is 6.03 Å². The van der Waals surface area contributed by atoms with Crippen LogP contribution in [0.2, 0.25) is 5.02 Å². The van der Waals surface area contributed by atoms with Crippen LogP contribution < -0.4 is 10.6 Å². The van der Waals surface area contributed by atoms with E-state index in [2.05, 4.69) is 20.8 Å². The molecule has 1 aliphatic heterocycles. The Hall–Kier alpha value is -3.46. The fraction of sp³-hybridized carbons (Fsp3) is 0.286. The summed E-state index contributed by atoms with van der Waals surface area (Å²) in [5, 5.41) is 14.1. The lowest BCUT2D eigenvalue weighted by atomic mass is 10.1. The Kier molecular flexibility index (Phi) is 6.13. The van der Waals surface area contributed by atoms with Crippen molar-refractivity contribution in [1.82, 2.24) is 30.1 Å². The highest BCUT2D eigenvalue weighted by Gasteiger charge is 2.38. The molecule has 1 aliphatic rings. The summed E-state index contributed by atoms with van der Waals surface area (Å²) in [7, 11) is 0. The van der Waals surface area contributed by atoms with E-state index in [0.717, 1.165) is 16.4 Å². The van der Waals surface area contributed by atoms with Gasteiger partial charge in [0.05, 0.1) is 6.54 Å². The standard InChI is InChI=1S/C21H21ClN6O3/c22-15-6-2-1-5-14(15)13-28-20(30)16(24-21(28)31)8-9-19(29)23-11-10-18-26-25-17-7-3-4-12-27(17)18/h1-7,12,16H,8-11,13H2,(H,23,29)(H,24,31)/t16-/m0/s1. The third-order valence-corrected chi connectivity index (χ3v) is 5.48. The largest absolute Gasteiger partial charge is 0.356 e. The molecule has 31 heavy (non-hydrogen) atoms. The normalized spacial score (nSPS) is 16.0. The third-order valence-electron chi connectivity index (χ3n) is 5.11. The van der Waals surface area contributed by atoms with Crippen LogP contribution in [0, 0.1) is 0 Å². The fourth-order valence-electron chi connectivity index (χ4n) is 3.46. The predicted molar refractivity (Wildman–Crippen MR) is 113 cm³/mol. The number of nitrogens with zero attached hydrogens (tertiary/aromatic N) is 4. The van der Waals surface area contributed by atoms with Gasteiger partial charge in [-0.05, 0) is 30.2 Å². The maximum absolute atomic E-state index is 12.6. The van der Waals surface area contributed by atoms with Crippen LogP contribution in [0.1, 0.15) is 24.2 Å². The number of carbonyl (C=O) groups excluding carboxylic acids is 3. The predicted octanol–water partition coefficient (Wildman–Crippen LogP) is 1.94. The van der Waals surface area contributed by atoms with Gasteiger partial charge in [-0.25, -0.2) is 4.79 Å². The molecule has 1 fully saturated rings. The summed E-state index contributed by atoms with van der Waals surface area (Å²) in [5.74, 6) is 0.206. The van der Waals surface area contributed by atoms with E-state index in [4.69, 9.17) is 11.6 Å². The van der Waals surface area contributed by atoms with Crippen LogP contribution in [0.5, 0.6) is 0 Å². The van der Waals surface area contributed by atoms with Crippen molar-refractivity contribution in [1.29, 1.82) is 0 Å². The molecular weight excluding hydrogens is 420 g/mol. The molecule has 4 amide bonds. The average molecular weight is 441 g/mol. The fourth-order valence-corrected chi connectivity index (χ4v) is 3.65. The molecule has 1 aromatic carbocycles. The van der Waals surface area contributed by atoms with Crippen molar-refractivity contribution in [3.63, 3.8) is 0 Å². The third kappa shape index (κ3) is 4.66. The summed E-state index contributed by atoms with van der Waals surface area (Å²) in [6.45, 7) is 0.497. The van der Waals surface area contributed by atoms with E-state index in [1.54, 1.807) is 24.3 Å². The van der Waals surface area contributed by atoms with Crippen LogP contribution in [0.25, 0.3) is 5.65 Å². The maximum atomic E-state index is 12.6. The van der Waals surface area contributed by atoms with Crippen molar-refractivity contribution in [3.05, 3.63) is 65.1 Å². The number of carbonyl (C=O) groups is 3. The Balaban J connectivity index is 1.24. The van der Waals surface area contributed by atoms with Gasteiger partial charge in [0.15, 0.2) is 5.65 Å². The SMILES string of the molecule is O=C(CC[C@@H]1NC(=O)N(Cc2ccccc2Cl)C1=O)NCCc1nnc2ccccn12. The number of pyridine rings is 1. The Morgan fingerprint density at radius 2 is 1.94 bits per heavy atom. The van der Waals surface area contributed by atoms with Crippen LogP contribution in [-0.4, -0.2) is 49.9 Å². The number of amides is 4. The van der Waals surface area contributed by atoms with Gasteiger partial charge < -0.3 is 10.6 Å². The molecule has 0 bridgehead atoms. The number of urea groups is 1. The van der Waals surface area contributed by atoms with E-state index in [0.29, 0.717) is 23.6 Å². The van der Waals surface area contributed by atoms with Crippen molar-refractivity contribution in [2.24, 2.45) is 0 Å². The summed E-state index contributed by atoms with van der Waals surface area (Å²) in [5.41, 5.74) is 1.44. The van der Waals surface area contributed by atoms with E-state index in [1.165, 1.54) is 0 Å². The van der Waals surface area contributed by atoms with E-state index in [9.17, 15) is 14.4 Å². The molecule has 4 rings (SSSR count). The number of halogens is 1. The second-order valence-corrected chi connectivity index (χ2v) is 7.61. The number of imide groups is 1. The molecule has 1 atom stereocenters. The minimum Gasteiger partial charge on any atom is -0.356 e. The zero-order valence-electron chi connectivity index (χ0n) is 16.6. The van der Waals surface area contributed by atoms with Crippen LogP contribution >= 0.6 is 11.6 Å². The summed E-state index contributed by atoms with van der Waals surface area (Å²) in [4.78, 5) is 38.1. The number of hydrogen-bond acceptors (Lipinski definition) is 5. The molecule has 2 N–H and O–H groups in total. The molecule has 0 radical (unpaired) electrons. The highest BCUT2D eigenvalue weighted by molar-refractivity contribution is 6.31. The summed E-state index contributed by atoms with van der Waals surface area (Å²) in [6, 6.07) is 11.5. The van der Waals surface area contributed by atoms with Crippen molar-refractivity contribution < 1.29 is 14.4 Å². The molecule has 3 aromatic rings. The maximum Gasteiger partial charge on any atom is 0.325 e.